The highest BCUT2D eigenvalue weighted by Gasteiger charge is 2.26. The van der Waals surface area contributed by atoms with E-state index in [1.165, 1.54) is 52.5 Å². The highest BCUT2D eigenvalue weighted by molar-refractivity contribution is 7.25. The molecule has 0 spiro atoms. The zero-order chi connectivity index (χ0) is 31.8. The van der Waals surface area contributed by atoms with Gasteiger partial charge in [-0.15, -0.1) is 11.3 Å². The van der Waals surface area contributed by atoms with E-state index in [-0.39, 0.29) is 0 Å². The van der Waals surface area contributed by atoms with Crippen molar-refractivity contribution < 1.29 is 4.42 Å². The van der Waals surface area contributed by atoms with Crippen LogP contribution in [-0.4, -0.2) is 14.5 Å². The number of aromatic nitrogens is 3. The Morgan fingerprint density at radius 1 is 0.429 bits per heavy atom. The summed E-state index contributed by atoms with van der Waals surface area (Å²) in [5.41, 5.74) is 7.66. The minimum atomic E-state index is 0.818. The maximum Gasteiger partial charge on any atom is 0.165 e. The smallest absolute Gasteiger partial charge is 0.165 e. The number of rotatable bonds is 2. The molecule has 0 unspecified atom stereocenters. The summed E-state index contributed by atoms with van der Waals surface area (Å²) in [6.07, 6.45) is 0. The summed E-state index contributed by atoms with van der Waals surface area (Å²) in [5.74, 6) is 0.818. The summed E-state index contributed by atoms with van der Waals surface area (Å²) in [5, 5.41) is 12.0. The molecule has 4 nitrogen and oxygen atoms in total. The molecule has 0 aliphatic heterocycles. The molecular formula is C44H23N3OS. The van der Waals surface area contributed by atoms with Gasteiger partial charge in [-0.25, -0.2) is 9.97 Å². The summed E-state index contributed by atoms with van der Waals surface area (Å²) in [4.78, 5) is 10.9. The van der Waals surface area contributed by atoms with Crippen molar-refractivity contribution in [2.75, 3.05) is 0 Å². The molecule has 226 valence electrons. The maximum atomic E-state index is 6.60. The van der Waals surface area contributed by atoms with E-state index in [0.717, 1.165) is 61.1 Å². The molecule has 0 aliphatic rings. The molecular weight excluding hydrogens is 619 g/mol. The molecule has 12 rings (SSSR count). The predicted octanol–water partition coefficient (Wildman–Crippen LogP) is 12.4. The number of hydrogen-bond donors (Lipinski definition) is 0. The van der Waals surface area contributed by atoms with Gasteiger partial charge in [-0.3, -0.25) is 4.57 Å². The normalized spacial score (nSPS) is 12.5. The Labute approximate surface area is 282 Å². The molecule has 12 aromatic rings. The topological polar surface area (TPSA) is 43.9 Å². The van der Waals surface area contributed by atoms with Gasteiger partial charge in [-0.05, 0) is 70.1 Å². The van der Waals surface area contributed by atoms with Crippen LogP contribution >= 0.6 is 11.3 Å². The first kappa shape index (κ1) is 25.7. The average Bonchev–Trinajstić information content (AvgIpc) is 3.83. The van der Waals surface area contributed by atoms with Gasteiger partial charge >= 0.3 is 0 Å². The van der Waals surface area contributed by atoms with E-state index < -0.39 is 0 Å². The second-order valence-electron chi connectivity index (χ2n) is 12.9. The Morgan fingerprint density at radius 2 is 1.06 bits per heavy atom. The lowest BCUT2D eigenvalue weighted by Gasteiger charge is -2.14. The van der Waals surface area contributed by atoms with Gasteiger partial charge in [-0.2, -0.15) is 0 Å². The molecule has 49 heavy (non-hydrogen) atoms. The van der Waals surface area contributed by atoms with Crippen LogP contribution in [0.25, 0.3) is 114 Å². The summed E-state index contributed by atoms with van der Waals surface area (Å²) < 4.78 is 11.5. The average molecular weight is 642 g/mol. The number of hydrogen-bond acceptors (Lipinski definition) is 4. The lowest BCUT2D eigenvalue weighted by atomic mass is 9.95. The molecule has 0 amide bonds. The highest BCUT2D eigenvalue weighted by atomic mass is 32.1. The second-order valence-corrected chi connectivity index (χ2v) is 13.9. The first-order valence-electron chi connectivity index (χ1n) is 16.5. The van der Waals surface area contributed by atoms with E-state index in [1.54, 1.807) is 0 Å². The number of thiophene rings is 1. The molecule has 0 saturated heterocycles. The van der Waals surface area contributed by atoms with E-state index in [4.69, 9.17) is 14.4 Å². The van der Waals surface area contributed by atoms with Crippen LogP contribution in [-0.2, 0) is 0 Å². The Morgan fingerprint density at radius 3 is 1.92 bits per heavy atom. The lowest BCUT2D eigenvalue weighted by Crippen LogP contribution is -2.03. The van der Waals surface area contributed by atoms with Gasteiger partial charge in [0, 0.05) is 47.3 Å². The van der Waals surface area contributed by atoms with Crippen molar-refractivity contribution in [3.05, 3.63) is 140 Å². The summed E-state index contributed by atoms with van der Waals surface area (Å²) in [7, 11) is 0. The first-order chi connectivity index (χ1) is 24.3. The fraction of sp³-hybridized carbons (Fsp3) is 0. The fourth-order valence-corrected chi connectivity index (χ4v) is 9.52. The van der Waals surface area contributed by atoms with Crippen LogP contribution in [0.4, 0.5) is 0 Å². The van der Waals surface area contributed by atoms with Crippen molar-refractivity contribution in [1.82, 2.24) is 14.5 Å². The van der Waals surface area contributed by atoms with E-state index in [1.807, 2.05) is 23.5 Å². The van der Waals surface area contributed by atoms with Gasteiger partial charge < -0.3 is 4.42 Å². The Balaban J connectivity index is 1.34. The van der Waals surface area contributed by atoms with Gasteiger partial charge in [0.25, 0.3) is 0 Å². The van der Waals surface area contributed by atoms with Crippen LogP contribution in [0.5, 0.6) is 0 Å². The molecule has 0 N–H and O–H groups in total. The van der Waals surface area contributed by atoms with Crippen LogP contribution in [0.3, 0.4) is 0 Å². The third kappa shape index (κ3) is 3.27. The molecule has 0 atom stereocenters. The predicted molar refractivity (Wildman–Crippen MR) is 206 cm³/mol. The van der Waals surface area contributed by atoms with E-state index >= 15 is 0 Å². The standard InChI is InChI=1S/C44H23N3OS/c1-2-11-25-24(10-1)26-13-7-18-32-39(26)41-33(22-23-35-42(41)40-27(25)14-8-19-34(40)48-35)47(32)44-43(45-30-16-4-5-17-31(30)46-44)29-15-9-21-37-38(29)28-12-3-6-20-36(28)49-37/h1-23H. The summed E-state index contributed by atoms with van der Waals surface area (Å²) >= 11 is 1.82. The SMILES string of the molecule is c1ccc2nc(-n3c4cccc5c6ccccc6c6cccc7oc8ccc3c(c8c76)c54)c(-c3cccc4sc5ccccc5c34)nc2c1. The highest BCUT2D eigenvalue weighted by Crippen LogP contribution is 2.48. The van der Waals surface area contributed by atoms with Crippen molar-refractivity contribution in [2.45, 2.75) is 0 Å². The minimum Gasteiger partial charge on any atom is -0.456 e. The summed E-state index contributed by atoms with van der Waals surface area (Å²) in [6, 6.07) is 49.7. The second kappa shape index (κ2) is 9.19. The fourth-order valence-electron chi connectivity index (χ4n) is 8.39. The quantitative estimate of drug-likeness (QED) is 0.189. The zero-order valence-corrected chi connectivity index (χ0v) is 26.8. The Hall–Kier alpha value is -6.30. The van der Waals surface area contributed by atoms with E-state index in [0.29, 0.717) is 0 Å². The number of fused-ring (bicyclic) bond motifs is 7. The van der Waals surface area contributed by atoms with Crippen molar-refractivity contribution in [1.29, 1.82) is 0 Å². The Bertz CT molecular complexity index is 3350. The molecule has 8 aromatic carbocycles. The van der Waals surface area contributed by atoms with Gasteiger partial charge in [-0.1, -0.05) is 91.0 Å². The third-order valence-corrected chi connectivity index (χ3v) is 11.5. The van der Waals surface area contributed by atoms with Crippen molar-refractivity contribution in [3.8, 4) is 17.1 Å². The van der Waals surface area contributed by atoms with E-state index in [2.05, 4.69) is 132 Å². The van der Waals surface area contributed by atoms with Gasteiger partial charge in [0.1, 0.15) is 16.9 Å². The molecule has 0 radical (unpaired) electrons. The van der Waals surface area contributed by atoms with Gasteiger partial charge in [0.05, 0.1) is 22.1 Å². The van der Waals surface area contributed by atoms with Crippen LogP contribution in [0.1, 0.15) is 0 Å². The van der Waals surface area contributed by atoms with Crippen molar-refractivity contribution >= 4 is 108 Å². The van der Waals surface area contributed by atoms with Crippen LogP contribution in [0.15, 0.2) is 144 Å². The van der Waals surface area contributed by atoms with Crippen molar-refractivity contribution in [2.24, 2.45) is 0 Å². The third-order valence-electron chi connectivity index (χ3n) is 10.3. The van der Waals surface area contributed by atoms with Crippen molar-refractivity contribution in [3.63, 3.8) is 0 Å². The van der Waals surface area contributed by atoms with Crippen LogP contribution in [0.2, 0.25) is 0 Å². The van der Waals surface area contributed by atoms with Crippen LogP contribution < -0.4 is 0 Å². The molecule has 4 aromatic heterocycles. The van der Waals surface area contributed by atoms with Crippen LogP contribution in [0, 0.1) is 0 Å². The van der Waals surface area contributed by atoms with Gasteiger partial charge in [0.2, 0.25) is 0 Å². The molecule has 0 aliphatic carbocycles. The zero-order valence-electron chi connectivity index (χ0n) is 25.9. The van der Waals surface area contributed by atoms with E-state index in [9.17, 15) is 0 Å². The maximum absolute atomic E-state index is 6.60. The minimum absolute atomic E-state index is 0.818. The number of benzene rings is 7. The summed E-state index contributed by atoms with van der Waals surface area (Å²) in [6.45, 7) is 0. The molecule has 5 heteroatoms. The largest absolute Gasteiger partial charge is 0.456 e. The number of furan rings is 1. The number of nitrogens with zero attached hydrogens (tertiary/aromatic N) is 3. The molecule has 0 saturated carbocycles. The first-order valence-corrected chi connectivity index (χ1v) is 17.3. The molecule has 0 bridgehead atoms. The monoisotopic (exact) mass is 641 g/mol. The Kier molecular flexibility index (Phi) is 4.83. The van der Waals surface area contributed by atoms with Gasteiger partial charge in [0.15, 0.2) is 5.82 Å². The molecule has 0 fully saturated rings. The molecule has 4 heterocycles. The lowest BCUT2D eigenvalue weighted by molar-refractivity contribution is 0.669. The number of para-hydroxylation sites is 2.